The van der Waals surface area contributed by atoms with Crippen LogP contribution in [-0.4, -0.2) is 71.2 Å². The lowest BCUT2D eigenvalue weighted by molar-refractivity contribution is -0.174. The Balaban J connectivity index is 1.49. The summed E-state index contributed by atoms with van der Waals surface area (Å²) >= 11 is 7.15. The van der Waals surface area contributed by atoms with Crippen molar-refractivity contribution in [3.05, 3.63) is 36.1 Å². The van der Waals surface area contributed by atoms with Crippen LogP contribution in [0.25, 0.3) is 11.0 Å². The van der Waals surface area contributed by atoms with Crippen molar-refractivity contribution in [2.24, 2.45) is 5.92 Å². The van der Waals surface area contributed by atoms with E-state index < -0.39 is 18.2 Å². The molecule has 0 saturated carbocycles. The molecule has 2 aromatic rings. The number of furan rings is 1. The summed E-state index contributed by atoms with van der Waals surface area (Å²) in [6, 6.07) is 8.63. The van der Waals surface area contributed by atoms with Crippen molar-refractivity contribution in [2.45, 2.75) is 38.6 Å². The molecule has 2 fully saturated rings. The Labute approximate surface area is 197 Å². The minimum Gasteiger partial charge on any atom is -0.461 e. The Morgan fingerprint density at radius 2 is 2.03 bits per heavy atom. The highest BCUT2D eigenvalue weighted by Crippen LogP contribution is 2.29. The Bertz CT molecular complexity index is 955. The molecule has 0 aliphatic carbocycles. The number of amides is 1. The zero-order valence-corrected chi connectivity index (χ0v) is 19.9. The maximum absolute atomic E-state index is 13.5. The van der Waals surface area contributed by atoms with Crippen LogP contribution < -0.4 is 5.32 Å². The molecule has 1 N–H and O–H groups in total. The van der Waals surface area contributed by atoms with Crippen LogP contribution in [0.1, 0.15) is 19.6 Å². The molecule has 9 heteroatoms. The largest absolute Gasteiger partial charge is 0.461 e. The molecule has 3 heterocycles. The van der Waals surface area contributed by atoms with E-state index in [1.807, 2.05) is 44.2 Å². The van der Waals surface area contributed by atoms with Gasteiger partial charge in [-0.25, -0.2) is 0 Å². The fraction of sp³-hybridized carbons (Fsp3) is 0.522. The first-order chi connectivity index (χ1) is 15.5. The number of hydrogen-bond donors (Lipinski definition) is 1. The van der Waals surface area contributed by atoms with Crippen molar-refractivity contribution in [3.8, 4) is 0 Å². The molecule has 2 saturated heterocycles. The topological polar surface area (TPSA) is 81.0 Å². The van der Waals surface area contributed by atoms with Crippen molar-refractivity contribution in [1.29, 1.82) is 0 Å². The first kappa shape index (κ1) is 23.4. The quantitative estimate of drug-likeness (QED) is 0.437. The second-order valence-corrected chi connectivity index (χ2v) is 9.37. The molecule has 4 rings (SSSR count). The minimum absolute atomic E-state index is 0.101. The predicted octanol–water partition coefficient (Wildman–Crippen LogP) is 2.80. The van der Waals surface area contributed by atoms with Crippen molar-refractivity contribution in [3.63, 3.8) is 0 Å². The highest BCUT2D eigenvalue weighted by molar-refractivity contribution is 7.99. The highest BCUT2D eigenvalue weighted by atomic mass is 32.2. The van der Waals surface area contributed by atoms with Gasteiger partial charge in [0.05, 0.1) is 24.3 Å². The molecule has 7 nitrogen and oxygen atoms in total. The van der Waals surface area contributed by atoms with Crippen LogP contribution in [0.2, 0.25) is 0 Å². The fourth-order valence-electron chi connectivity index (χ4n) is 4.31. The van der Waals surface area contributed by atoms with E-state index in [-0.39, 0.29) is 24.2 Å². The predicted molar refractivity (Wildman–Crippen MR) is 128 cm³/mol. The molecule has 2 aliphatic heterocycles. The average molecular weight is 477 g/mol. The van der Waals surface area contributed by atoms with E-state index in [9.17, 15) is 9.59 Å². The van der Waals surface area contributed by atoms with Gasteiger partial charge in [-0.1, -0.05) is 30.4 Å². The van der Waals surface area contributed by atoms with Crippen LogP contribution in [0.5, 0.6) is 0 Å². The first-order valence-corrected chi connectivity index (χ1v) is 12.5. The van der Waals surface area contributed by atoms with E-state index in [1.54, 1.807) is 16.7 Å². The number of hydrogen-bond acceptors (Lipinski definition) is 8. The number of carbonyl (C=O) groups excluding carboxylic acids is 2. The molecule has 172 valence electrons. The molecule has 32 heavy (non-hydrogen) atoms. The lowest BCUT2D eigenvalue weighted by Crippen LogP contribution is -2.54. The van der Waals surface area contributed by atoms with Crippen LogP contribution in [0, 0.1) is 5.92 Å². The van der Waals surface area contributed by atoms with Crippen molar-refractivity contribution in [2.75, 3.05) is 31.4 Å². The second kappa shape index (κ2) is 10.4. The molecule has 0 bridgehead atoms. The molecule has 3 atom stereocenters. The SMILES string of the molecule is CCOC(OCC)[C@@H]1CSCN1C(=O)[C@H]1NCC(=S)C1C(=O)Cc1cc2ccccc2o1. The number of thioether (sulfide) groups is 1. The summed E-state index contributed by atoms with van der Waals surface area (Å²) in [4.78, 5) is 29.1. The number of nitrogens with zero attached hydrogens (tertiary/aromatic N) is 1. The van der Waals surface area contributed by atoms with Gasteiger partial charge in [0.2, 0.25) is 5.91 Å². The van der Waals surface area contributed by atoms with Crippen LogP contribution in [0.3, 0.4) is 0 Å². The molecule has 2 aliphatic rings. The van der Waals surface area contributed by atoms with E-state index >= 15 is 0 Å². The summed E-state index contributed by atoms with van der Waals surface area (Å²) < 4.78 is 17.3. The summed E-state index contributed by atoms with van der Waals surface area (Å²) in [6.07, 6.45) is -0.383. The van der Waals surface area contributed by atoms with Gasteiger partial charge in [0.15, 0.2) is 12.1 Å². The number of Topliss-reactive ketones (excluding diaryl/α,β-unsaturated/α-hetero) is 1. The lowest BCUT2D eigenvalue weighted by Gasteiger charge is -2.32. The van der Waals surface area contributed by atoms with Gasteiger partial charge in [-0.3, -0.25) is 9.59 Å². The highest BCUT2D eigenvalue weighted by Gasteiger charge is 2.46. The molecular weight excluding hydrogens is 448 g/mol. The second-order valence-electron chi connectivity index (χ2n) is 7.85. The molecule has 0 radical (unpaired) electrons. The Morgan fingerprint density at radius 1 is 1.28 bits per heavy atom. The van der Waals surface area contributed by atoms with Gasteiger partial charge >= 0.3 is 0 Å². The number of para-hydroxylation sites is 1. The summed E-state index contributed by atoms with van der Waals surface area (Å²) in [7, 11) is 0. The van der Waals surface area contributed by atoms with E-state index in [4.69, 9.17) is 26.1 Å². The van der Waals surface area contributed by atoms with Gasteiger partial charge < -0.3 is 24.1 Å². The number of rotatable bonds is 9. The van der Waals surface area contributed by atoms with E-state index in [0.717, 1.165) is 16.7 Å². The van der Waals surface area contributed by atoms with Crippen molar-refractivity contribution in [1.82, 2.24) is 10.2 Å². The van der Waals surface area contributed by atoms with Gasteiger partial charge in [-0.15, -0.1) is 11.8 Å². The number of nitrogens with one attached hydrogen (secondary N) is 1. The molecule has 1 amide bonds. The fourth-order valence-corrected chi connectivity index (χ4v) is 5.86. The van der Waals surface area contributed by atoms with Gasteiger partial charge in [0.1, 0.15) is 17.4 Å². The maximum atomic E-state index is 13.5. The smallest absolute Gasteiger partial charge is 0.241 e. The zero-order chi connectivity index (χ0) is 22.7. The van der Waals surface area contributed by atoms with Crippen LogP contribution in [-0.2, 0) is 25.5 Å². The first-order valence-electron chi connectivity index (χ1n) is 10.9. The molecular formula is C23H28N2O5S2. The van der Waals surface area contributed by atoms with Crippen LogP contribution in [0.15, 0.2) is 34.7 Å². The third-order valence-electron chi connectivity index (χ3n) is 5.79. The number of thiocarbonyl (C=S) groups is 1. The number of ketones is 1. The van der Waals surface area contributed by atoms with Crippen molar-refractivity contribution >= 4 is 51.5 Å². The lowest BCUT2D eigenvalue weighted by atomic mass is 9.91. The van der Waals surface area contributed by atoms with Gasteiger partial charge in [-0.05, 0) is 26.0 Å². The van der Waals surface area contributed by atoms with Gasteiger partial charge in [-0.2, -0.15) is 0 Å². The zero-order valence-electron chi connectivity index (χ0n) is 18.2. The number of fused-ring (bicyclic) bond motifs is 1. The summed E-state index contributed by atoms with van der Waals surface area (Å²) in [6.45, 7) is 5.18. The minimum atomic E-state index is -0.676. The number of benzene rings is 1. The standard InChI is InChI=1S/C23H28N2O5S2/c1-3-28-23(29-4-2)16-12-32-13-25(16)22(27)21-20(19(31)11-24-21)17(26)10-15-9-14-7-5-6-8-18(14)30-15/h5-9,16,20-21,23-24H,3-4,10-13H2,1-2H3/t16-,20?,21-/m0/s1. The summed E-state index contributed by atoms with van der Waals surface area (Å²) in [5.74, 6) is 0.953. The van der Waals surface area contributed by atoms with Gasteiger partial charge in [0.25, 0.3) is 0 Å². The van der Waals surface area contributed by atoms with Gasteiger partial charge in [0, 0.05) is 35.8 Å². The number of carbonyl (C=O) groups is 2. The molecule has 0 spiro atoms. The third-order valence-corrected chi connectivity index (χ3v) is 7.23. The normalized spacial score (nSPS) is 23.5. The molecule has 1 aromatic heterocycles. The van der Waals surface area contributed by atoms with E-state index in [1.165, 1.54) is 0 Å². The van der Waals surface area contributed by atoms with Crippen LogP contribution in [0.4, 0.5) is 0 Å². The average Bonchev–Trinajstić information content (AvgIpc) is 3.50. The number of ether oxygens (including phenoxy) is 2. The molecule has 1 aromatic carbocycles. The van der Waals surface area contributed by atoms with Crippen molar-refractivity contribution < 1.29 is 23.5 Å². The van der Waals surface area contributed by atoms with Crippen LogP contribution >= 0.6 is 24.0 Å². The third kappa shape index (κ3) is 4.77. The Kier molecular flexibility index (Phi) is 7.63. The van der Waals surface area contributed by atoms with E-state index in [2.05, 4.69) is 5.32 Å². The molecule has 1 unspecified atom stereocenters. The monoisotopic (exact) mass is 476 g/mol. The summed E-state index contributed by atoms with van der Waals surface area (Å²) in [5.41, 5.74) is 0.741. The Morgan fingerprint density at radius 3 is 2.75 bits per heavy atom. The van der Waals surface area contributed by atoms with E-state index in [0.29, 0.717) is 36.3 Å². The maximum Gasteiger partial charge on any atom is 0.241 e. The Hall–Kier alpha value is -1.78. The summed E-state index contributed by atoms with van der Waals surface area (Å²) in [5, 5.41) is 4.12.